The summed E-state index contributed by atoms with van der Waals surface area (Å²) in [7, 11) is 1.67. The van der Waals surface area contributed by atoms with E-state index in [-0.39, 0.29) is 17.0 Å². The van der Waals surface area contributed by atoms with Crippen molar-refractivity contribution in [2.75, 3.05) is 17.7 Å². The van der Waals surface area contributed by atoms with Crippen LogP contribution in [-0.4, -0.2) is 22.0 Å². The Hall–Kier alpha value is -1.95. The first-order chi connectivity index (χ1) is 8.58. The fourth-order valence-corrected chi connectivity index (χ4v) is 1.53. The SMILES string of the molecule is CNc1nc(Cl)nc(Nc2cc(F)ccc2C)n1. The number of rotatable bonds is 3. The number of nitrogens with one attached hydrogen (secondary N) is 2. The maximum absolute atomic E-state index is 13.1. The van der Waals surface area contributed by atoms with E-state index >= 15 is 0 Å². The van der Waals surface area contributed by atoms with E-state index in [9.17, 15) is 4.39 Å². The minimum absolute atomic E-state index is 0.0610. The van der Waals surface area contributed by atoms with Crippen molar-refractivity contribution in [1.82, 2.24) is 15.0 Å². The van der Waals surface area contributed by atoms with E-state index in [4.69, 9.17) is 11.6 Å². The van der Waals surface area contributed by atoms with Crippen molar-refractivity contribution < 1.29 is 4.39 Å². The highest BCUT2D eigenvalue weighted by Crippen LogP contribution is 2.20. The normalized spacial score (nSPS) is 10.2. The van der Waals surface area contributed by atoms with Gasteiger partial charge in [-0.05, 0) is 36.2 Å². The number of hydrogen-bond donors (Lipinski definition) is 2. The van der Waals surface area contributed by atoms with E-state index in [1.807, 2.05) is 6.92 Å². The maximum atomic E-state index is 13.1. The Balaban J connectivity index is 2.33. The fraction of sp³-hybridized carbons (Fsp3) is 0.182. The lowest BCUT2D eigenvalue weighted by Gasteiger charge is -2.09. The summed E-state index contributed by atoms with van der Waals surface area (Å²) >= 11 is 5.75. The molecule has 2 rings (SSSR count). The van der Waals surface area contributed by atoms with Gasteiger partial charge in [-0.1, -0.05) is 6.07 Å². The van der Waals surface area contributed by atoms with E-state index in [0.29, 0.717) is 11.6 Å². The smallest absolute Gasteiger partial charge is 0.233 e. The standard InChI is InChI=1S/C11H11ClFN5/c1-6-3-4-7(13)5-8(6)15-11-17-9(12)16-10(14-2)18-11/h3-5H,1-2H3,(H2,14,15,16,17,18). The summed E-state index contributed by atoms with van der Waals surface area (Å²) < 4.78 is 13.1. The van der Waals surface area contributed by atoms with Crippen LogP contribution in [0.3, 0.4) is 0 Å². The van der Waals surface area contributed by atoms with Gasteiger partial charge in [0.2, 0.25) is 17.2 Å². The zero-order chi connectivity index (χ0) is 13.1. The largest absolute Gasteiger partial charge is 0.357 e. The molecule has 0 spiro atoms. The van der Waals surface area contributed by atoms with E-state index < -0.39 is 0 Å². The molecule has 1 aromatic heterocycles. The van der Waals surface area contributed by atoms with Crippen LogP contribution in [0.4, 0.5) is 22.0 Å². The Bertz CT molecular complexity index is 575. The molecular weight excluding hydrogens is 257 g/mol. The van der Waals surface area contributed by atoms with Gasteiger partial charge in [0, 0.05) is 12.7 Å². The van der Waals surface area contributed by atoms with Crippen LogP contribution in [0.15, 0.2) is 18.2 Å². The lowest BCUT2D eigenvalue weighted by Crippen LogP contribution is -2.04. The number of halogens is 2. The second kappa shape index (κ2) is 5.14. The van der Waals surface area contributed by atoms with Crippen LogP contribution in [-0.2, 0) is 0 Å². The first kappa shape index (κ1) is 12.5. The van der Waals surface area contributed by atoms with Crippen molar-refractivity contribution >= 4 is 29.2 Å². The van der Waals surface area contributed by atoms with Crippen molar-refractivity contribution in [2.24, 2.45) is 0 Å². The van der Waals surface area contributed by atoms with Gasteiger partial charge >= 0.3 is 0 Å². The van der Waals surface area contributed by atoms with Crippen molar-refractivity contribution in [3.63, 3.8) is 0 Å². The van der Waals surface area contributed by atoms with Crippen molar-refractivity contribution in [3.8, 4) is 0 Å². The van der Waals surface area contributed by atoms with Gasteiger partial charge in [0.1, 0.15) is 5.82 Å². The third kappa shape index (κ3) is 2.84. The molecule has 0 fully saturated rings. The summed E-state index contributed by atoms with van der Waals surface area (Å²) in [6, 6.07) is 4.42. The molecule has 0 aliphatic heterocycles. The Morgan fingerprint density at radius 2 is 1.89 bits per heavy atom. The second-order valence-corrected chi connectivity index (χ2v) is 3.92. The van der Waals surface area contributed by atoms with Crippen LogP contribution in [0.2, 0.25) is 5.28 Å². The number of aromatic nitrogens is 3. The minimum Gasteiger partial charge on any atom is -0.357 e. The first-order valence-electron chi connectivity index (χ1n) is 5.21. The van der Waals surface area contributed by atoms with Gasteiger partial charge < -0.3 is 10.6 Å². The summed E-state index contributed by atoms with van der Waals surface area (Å²) in [5.74, 6) is 0.261. The molecule has 0 aliphatic rings. The maximum Gasteiger partial charge on any atom is 0.233 e. The predicted octanol–water partition coefficient (Wildman–Crippen LogP) is 2.76. The van der Waals surface area contributed by atoms with Gasteiger partial charge in [0.05, 0.1) is 0 Å². The van der Waals surface area contributed by atoms with Crippen molar-refractivity contribution in [2.45, 2.75) is 6.92 Å². The van der Waals surface area contributed by atoms with Crippen LogP contribution < -0.4 is 10.6 Å². The monoisotopic (exact) mass is 267 g/mol. The van der Waals surface area contributed by atoms with Crippen LogP contribution in [0.5, 0.6) is 0 Å². The lowest BCUT2D eigenvalue weighted by atomic mass is 10.2. The van der Waals surface area contributed by atoms with E-state index in [2.05, 4.69) is 25.6 Å². The molecule has 0 bridgehead atoms. The van der Waals surface area contributed by atoms with Crippen LogP contribution >= 0.6 is 11.6 Å². The third-order valence-corrected chi connectivity index (χ3v) is 2.45. The average Bonchev–Trinajstić information content (AvgIpc) is 2.33. The number of benzene rings is 1. The molecule has 0 aliphatic carbocycles. The van der Waals surface area contributed by atoms with Crippen molar-refractivity contribution in [3.05, 3.63) is 34.9 Å². The number of hydrogen-bond acceptors (Lipinski definition) is 5. The highest BCUT2D eigenvalue weighted by Gasteiger charge is 2.06. The zero-order valence-corrected chi connectivity index (χ0v) is 10.6. The topological polar surface area (TPSA) is 62.7 Å². The third-order valence-electron chi connectivity index (χ3n) is 2.28. The Kier molecular flexibility index (Phi) is 3.57. The molecule has 94 valence electrons. The molecule has 2 N–H and O–H groups in total. The van der Waals surface area contributed by atoms with Gasteiger partial charge in [-0.15, -0.1) is 0 Å². The zero-order valence-electron chi connectivity index (χ0n) is 9.83. The molecular formula is C11H11ClFN5. The average molecular weight is 268 g/mol. The molecule has 0 atom stereocenters. The Morgan fingerprint density at radius 3 is 2.61 bits per heavy atom. The molecule has 1 heterocycles. The van der Waals surface area contributed by atoms with E-state index in [0.717, 1.165) is 5.56 Å². The second-order valence-electron chi connectivity index (χ2n) is 3.59. The molecule has 7 heteroatoms. The molecule has 18 heavy (non-hydrogen) atoms. The molecule has 0 saturated heterocycles. The molecule has 5 nitrogen and oxygen atoms in total. The summed E-state index contributed by atoms with van der Waals surface area (Å²) in [6.07, 6.45) is 0. The van der Waals surface area contributed by atoms with Gasteiger partial charge in [0.25, 0.3) is 0 Å². The van der Waals surface area contributed by atoms with Crippen molar-refractivity contribution in [1.29, 1.82) is 0 Å². The molecule has 1 aromatic carbocycles. The number of nitrogens with zero attached hydrogens (tertiary/aromatic N) is 3. The quantitative estimate of drug-likeness (QED) is 0.895. The highest BCUT2D eigenvalue weighted by atomic mass is 35.5. The van der Waals surface area contributed by atoms with Gasteiger partial charge in [0.15, 0.2) is 0 Å². The summed E-state index contributed by atoms with van der Waals surface area (Å²) in [4.78, 5) is 11.8. The lowest BCUT2D eigenvalue weighted by molar-refractivity contribution is 0.628. The summed E-state index contributed by atoms with van der Waals surface area (Å²) in [5.41, 5.74) is 1.46. The van der Waals surface area contributed by atoms with Crippen LogP contribution in [0.25, 0.3) is 0 Å². The number of anilines is 3. The molecule has 2 aromatic rings. The minimum atomic E-state index is -0.336. The predicted molar refractivity (Wildman–Crippen MR) is 68.8 cm³/mol. The van der Waals surface area contributed by atoms with Crippen LogP contribution in [0, 0.1) is 12.7 Å². The molecule has 0 unspecified atom stereocenters. The summed E-state index contributed by atoms with van der Waals surface area (Å²) in [5, 5.41) is 5.72. The molecule has 0 radical (unpaired) electrons. The molecule has 0 amide bonds. The highest BCUT2D eigenvalue weighted by molar-refractivity contribution is 6.28. The fourth-order valence-electron chi connectivity index (χ4n) is 1.37. The number of aryl methyl sites for hydroxylation is 1. The van der Waals surface area contributed by atoms with Gasteiger partial charge in [-0.2, -0.15) is 15.0 Å². The van der Waals surface area contributed by atoms with Gasteiger partial charge in [-0.25, -0.2) is 4.39 Å². The first-order valence-corrected chi connectivity index (χ1v) is 5.59. The van der Waals surface area contributed by atoms with Crippen LogP contribution in [0.1, 0.15) is 5.56 Å². The van der Waals surface area contributed by atoms with Gasteiger partial charge in [-0.3, -0.25) is 0 Å². The Morgan fingerprint density at radius 1 is 1.17 bits per heavy atom. The van der Waals surface area contributed by atoms with E-state index in [1.165, 1.54) is 12.1 Å². The van der Waals surface area contributed by atoms with E-state index in [1.54, 1.807) is 13.1 Å². The summed E-state index contributed by atoms with van der Waals surface area (Å²) in [6.45, 7) is 1.85. The Labute approximate surface area is 108 Å². The molecule has 0 saturated carbocycles.